The first-order valence-electron chi connectivity index (χ1n) is 10.1. The molecule has 0 unspecified atom stereocenters. The fourth-order valence-corrected chi connectivity index (χ4v) is 3.32. The number of hydrogen-bond acceptors (Lipinski definition) is 4. The average Bonchev–Trinajstić information content (AvgIpc) is 2.71. The van der Waals surface area contributed by atoms with Gasteiger partial charge in [0.2, 0.25) is 0 Å². The van der Waals surface area contributed by atoms with Gasteiger partial charge in [-0.1, -0.05) is 18.2 Å². The first kappa shape index (κ1) is 21.1. The molecule has 1 aliphatic heterocycles. The topological polar surface area (TPSA) is 57.2 Å². The van der Waals surface area contributed by atoms with E-state index in [1.807, 2.05) is 13.0 Å². The van der Waals surface area contributed by atoms with E-state index < -0.39 is 0 Å². The Morgan fingerprint density at radius 2 is 1.96 bits per heavy atom. The van der Waals surface area contributed by atoms with Gasteiger partial charge < -0.3 is 19.9 Å². The number of nitrogens with one attached hydrogen (secondary N) is 1. The van der Waals surface area contributed by atoms with Crippen LogP contribution in [0.5, 0.6) is 0 Å². The molecular formula is C21H34N4O2. The number of guanidine groups is 1. The predicted octanol–water partition coefficient (Wildman–Crippen LogP) is 2.75. The molecule has 6 nitrogen and oxygen atoms in total. The van der Waals surface area contributed by atoms with Gasteiger partial charge in [0.05, 0.1) is 12.5 Å². The SMILES string of the molecule is CCNC(=NCCCN(C)c1ccccc1)N1CCC(C(=O)OCC)CC1. The zero-order valence-electron chi connectivity index (χ0n) is 17.0. The summed E-state index contributed by atoms with van der Waals surface area (Å²) in [5.41, 5.74) is 1.23. The second-order valence-corrected chi connectivity index (χ2v) is 6.86. The van der Waals surface area contributed by atoms with Crippen molar-refractivity contribution in [2.24, 2.45) is 10.9 Å². The lowest BCUT2D eigenvalue weighted by atomic mass is 9.97. The summed E-state index contributed by atoms with van der Waals surface area (Å²) < 4.78 is 5.15. The zero-order chi connectivity index (χ0) is 19.5. The molecule has 150 valence electrons. The molecule has 1 aromatic rings. The molecule has 1 fully saturated rings. The van der Waals surface area contributed by atoms with Crippen LogP contribution in [-0.2, 0) is 9.53 Å². The average molecular weight is 375 g/mol. The fourth-order valence-electron chi connectivity index (χ4n) is 3.32. The number of benzene rings is 1. The van der Waals surface area contributed by atoms with Gasteiger partial charge in [-0.2, -0.15) is 0 Å². The summed E-state index contributed by atoms with van der Waals surface area (Å²) in [6.07, 6.45) is 2.67. The van der Waals surface area contributed by atoms with E-state index >= 15 is 0 Å². The first-order valence-corrected chi connectivity index (χ1v) is 10.1. The highest BCUT2D eigenvalue weighted by Crippen LogP contribution is 2.19. The Morgan fingerprint density at radius 3 is 2.59 bits per heavy atom. The van der Waals surface area contributed by atoms with Gasteiger partial charge in [-0.15, -0.1) is 0 Å². The number of rotatable bonds is 8. The van der Waals surface area contributed by atoms with Crippen molar-refractivity contribution in [3.8, 4) is 0 Å². The molecule has 0 radical (unpaired) electrons. The second kappa shape index (κ2) is 11.5. The molecular weight excluding hydrogens is 340 g/mol. The summed E-state index contributed by atoms with van der Waals surface area (Å²) in [5, 5.41) is 3.39. The quantitative estimate of drug-likeness (QED) is 0.328. The molecule has 0 saturated carbocycles. The molecule has 2 rings (SSSR count). The summed E-state index contributed by atoms with van der Waals surface area (Å²) in [6.45, 7) is 8.71. The van der Waals surface area contributed by atoms with Gasteiger partial charge in [0, 0.05) is 45.5 Å². The van der Waals surface area contributed by atoms with Gasteiger partial charge in [0.1, 0.15) is 0 Å². The van der Waals surface area contributed by atoms with Crippen LogP contribution in [0, 0.1) is 5.92 Å². The van der Waals surface area contributed by atoms with Crippen molar-refractivity contribution in [3.05, 3.63) is 30.3 Å². The number of aliphatic imine (C=N–C) groups is 1. The standard InChI is InChI=1S/C21H34N4O2/c1-4-22-21(25-16-12-18(13-17-25)20(26)27-5-2)23-14-9-15-24(3)19-10-7-6-8-11-19/h6-8,10-11,18H,4-5,9,12-17H2,1-3H3,(H,22,23). The lowest BCUT2D eigenvalue weighted by Crippen LogP contribution is -2.46. The predicted molar refractivity (Wildman–Crippen MR) is 111 cm³/mol. The molecule has 6 heteroatoms. The van der Waals surface area contributed by atoms with Crippen molar-refractivity contribution in [3.63, 3.8) is 0 Å². The lowest BCUT2D eigenvalue weighted by Gasteiger charge is -2.33. The molecule has 1 N–H and O–H groups in total. The smallest absolute Gasteiger partial charge is 0.309 e. The van der Waals surface area contributed by atoms with E-state index in [4.69, 9.17) is 9.73 Å². The number of nitrogens with zero attached hydrogens (tertiary/aromatic N) is 3. The maximum Gasteiger partial charge on any atom is 0.309 e. The van der Waals surface area contributed by atoms with Crippen LogP contribution in [0.3, 0.4) is 0 Å². The van der Waals surface area contributed by atoms with E-state index in [2.05, 4.69) is 53.4 Å². The molecule has 0 amide bonds. The molecule has 0 aliphatic carbocycles. The third-order valence-corrected chi connectivity index (χ3v) is 4.86. The van der Waals surface area contributed by atoms with Crippen LogP contribution in [0.25, 0.3) is 0 Å². The number of likely N-dealkylation sites (tertiary alicyclic amines) is 1. The minimum Gasteiger partial charge on any atom is -0.466 e. The number of ether oxygens (including phenoxy) is 1. The summed E-state index contributed by atoms with van der Waals surface area (Å²) >= 11 is 0. The number of carbonyl (C=O) groups excluding carboxylic acids is 1. The Labute approximate surface area is 163 Å². The largest absolute Gasteiger partial charge is 0.466 e. The highest BCUT2D eigenvalue weighted by atomic mass is 16.5. The molecule has 0 bridgehead atoms. The van der Waals surface area contributed by atoms with Crippen LogP contribution < -0.4 is 10.2 Å². The summed E-state index contributed by atoms with van der Waals surface area (Å²) in [5.74, 6) is 0.939. The van der Waals surface area contributed by atoms with E-state index in [-0.39, 0.29) is 11.9 Å². The Hall–Kier alpha value is -2.24. The van der Waals surface area contributed by atoms with E-state index in [1.165, 1.54) is 5.69 Å². The number of hydrogen-bond donors (Lipinski definition) is 1. The highest BCUT2D eigenvalue weighted by Gasteiger charge is 2.27. The van der Waals surface area contributed by atoms with Gasteiger partial charge >= 0.3 is 5.97 Å². The molecule has 0 spiro atoms. The summed E-state index contributed by atoms with van der Waals surface area (Å²) in [4.78, 5) is 21.2. The molecule has 1 saturated heterocycles. The van der Waals surface area contributed by atoms with Gasteiger partial charge in [-0.05, 0) is 45.2 Å². The van der Waals surface area contributed by atoms with Crippen molar-refractivity contribution >= 4 is 17.6 Å². The third kappa shape index (κ3) is 6.77. The molecule has 0 aromatic heterocycles. The third-order valence-electron chi connectivity index (χ3n) is 4.86. The van der Waals surface area contributed by atoms with Crippen LogP contribution in [0.2, 0.25) is 0 Å². The van der Waals surface area contributed by atoms with Crippen molar-refractivity contribution < 1.29 is 9.53 Å². The molecule has 0 atom stereocenters. The van der Waals surface area contributed by atoms with Crippen LogP contribution in [0.4, 0.5) is 5.69 Å². The number of piperidine rings is 1. The van der Waals surface area contributed by atoms with Gasteiger partial charge in [-0.25, -0.2) is 0 Å². The Balaban J connectivity index is 1.79. The van der Waals surface area contributed by atoms with Crippen LogP contribution in [0.1, 0.15) is 33.1 Å². The van der Waals surface area contributed by atoms with Crippen LogP contribution >= 0.6 is 0 Å². The number of esters is 1. The molecule has 1 heterocycles. The minimum atomic E-state index is -0.0527. The molecule has 1 aliphatic rings. The van der Waals surface area contributed by atoms with Crippen molar-refractivity contribution in [2.45, 2.75) is 33.1 Å². The lowest BCUT2D eigenvalue weighted by molar-refractivity contribution is -0.149. The number of para-hydroxylation sites is 1. The monoisotopic (exact) mass is 374 g/mol. The maximum absolute atomic E-state index is 11.9. The summed E-state index contributed by atoms with van der Waals surface area (Å²) in [7, 11) is 2.12. The van der Waals surface area contributed by atoms with Gasteiger partial charge in [0.25, 0.3) is 0 Å². The first-order chi connectivity index (χ1) is 13.2. The van der Waals surface area contributed by atoms with Crippen LogP contribution in [0.15, 0.2) is 35.3 Å². The van der Waals surface area contributed by atoms with Crippen molar-refractivity contribution in [1.82, 2.24) is 10.2 Å². The van der Waals surface area contributed by atoms with E-state index in [0.29, 0.717) is 6.61 Å². The summed E-state index contributed by atoms with van der Waals surface area (Å²) in [6, 6.07) is 10.4. The Bertz CT molecular complexity index is 583. The second-order valence-electron chi connectivity index (χ2n) is 6.86. The molecule has 1 aromatic carbocycles. The Morgan fingerprint density at radius 1 is 1.26 bits per heavy atom. The van der Waals surface area contributed by atoms with Gasteiger partial charge in [0.15, 0.2) is 5.96 Å². The van der Waals surface area contributed by atoms with Gasteiger partial charge in [-0.3, -0.25) is 9.79 Å². The van der Waals surface area contributed by atoms with E-state index in [9.17, 15) is 4.79 Å². The normalized spacial score (nSPS) is 15.5. The Kier molecular flexibility index (Phi) is 8.95. The fraction of sp³-hybridized carbons (Fsp3) is 0.619. The number of anilines is 1. The van der Waals surface area contributed by atoms with Crippen LogP contribution in [-0.4, -0.2) is 63.2 Å². The van der Waals surface area contributed by atoms with Crippen molar-refractivity contribution in [1.29, 1.82) is 0 Å². The zero-order valence-corrected chi connectivity index (χ0v) is 17.0. The highest BCUT2D eigenvalue weighted by molar-refractivity contribution is 5.80. The number of carbonyl (C=O) groups is 1. The van der Waals surface area contributed by atoms with E-state index in [1.54, 1.807) is 0 Å². The van der Waals surface area contributed by atoms with E-state index in [0.717, 1.165) is 57.9 Å². The molecule has 27 heavy (non-hydrogen) atoms. The maximum atomic E-state index is 11.9. The minimum absolute atomic E-state index is 0.0311. The van der Waals surface area contributed by atoms with Crippen molar-refractivity contribution in [2.75, 3.05) is 51.3 Å².